The van der Waals surface area contributed by atoms with Gasteiger partial charge in [-0.3, -0.25) is 14.5 Å². The van der Waals surface area contributed by atoms with Crippen molar-refractivity contribution in [2.45, 2.75) is 25.8 Å². The molecule has 1 atom stereocenters. The first kappa shape index (κ1) is 25.7. The monoisotopic (exact) mass is 494 g/mol. The van der Waals surface area contributed by atoms with E-state index in [0.29, 0.717) is 50.0 Å². The number of Topliss-reactive ketones (excluding diaryl/α,β-unsaturated/α-hetero) is 1. The maximum atomic E-state index is 13.3. The first-order valence-corrected chi connectivity index (χ1v) is 12.5. The Hall–Kier alpha value is -3.36. The van der Waals surface area contributed by atoms with Crippen LogP contribution in [-0.4, -0.2) is 79.7 Å². The first-order chi connectivity index (χ1) is 17.5. The highest BCUT2D eigenvalue weighted by Crippen LogP contribution is 2.40. The Morgan fingerprint density at radius 1 is 1.06 bits per heavy atom. The quantitative estimate of drug-likeness (QED) is 0.234. The summed E-state index contributed by atoms with van der Waals surface area (Å²) in [4.78, 5) is 30.3. The number of hydrogen-bond acceptors (Lipinski definition) is 7. The van der Waals surface area contributed by atoms with Crippen LogP contribution in [-0.2, 0) is 14.3 Å². The molecule has 2 aromatic carbocycles. The summed E-state index contributed by atoms with van der Waals surface area (Å²) in [7, 11) is 1.56. The van der Waals surface area contributed by atoms with E-state index < -0.39 is 17.7 Å². The van der Waals surface area contributed by atoms with E-state index in [4.69, 9.17) is 14.2 Å². The Morgan fingerprint density at radius 3 is 2.50 bits per heavy atom. The van der Waals surface area contributed by atoms with Crippen LogP contribution in [0, 0.1) is 0 Å². The molecule has 192 valence electrons. The average Bonchev–Trinajstić information content (AvgIpc) is 3.17. The van der Waals surface area contributed by atoms with Crippen molar-refractivity contribution in [2.75, 3.05) is 53.1 Å². The molecule has 0 bridgehead atoms. The van der Waals surface area contributed by atoms with E-state index in [1.807, 2.05) is 24.3 Å². The van der Waals surface area contributed by atoms with E-state index in [1.54, 1.807) is 36.3 Å². The van der Waals surface area contributed by atoms with E-state index in [2.05, 4.69) is 11.8 Å². The van der Waals surface area contributed by atoms with Crippen molar-refractivity contribution < 1.29 is 28.9 Å². The highest BCUT2D eigenvalue weighted by atomic mass is 16.5. The molecule has 0 saturated carbocycles. The number of aliphatic hydroxyl groups excluding tert-OH is 1. The van der Waals surface area contributed by atoms with Gasteiger partial charge in [0.25, 0.3) is 11.7 Å². The summed E-state index contributed by atoms with van der Waals surface area (Å²) in [5, 5.41) is 11.3. The van der Waals surface area contributed by atoms with Crippen LogP contribution in [0.4, 0.5) is 0 Å². The van der Waals surface area contributed by atoms with Crippen molar-refractivity contribution in [3.8, 4) is 11.5 Å². The fraction of sp³-hybridized carbons (Fsp3) is 0.429. The lowest BCUT2D eigenvalue weighted by Gasteiger charge is -2.31. The van der Waals surface area contributed by atoms with Gasteiger partial charge in [-0.15, -0.1) is 0 Å². The molecular formula is C28H34N2O6. The van der Waals surface area contributed by atoms with Gasteiger partial charge in [0.05, 0.1) is 38.5 Å². The zero-order valence-electron chi connectivity index (χ0n) is 20.9. The smallest absolute Gasteiger partial charge is 0.295 e. The highest BCUT2D eigenvalue weighted by Gasteiger charge is 2.46. The van der Waals surface area contributed by atoms with Gasteiger partial charge in [-0.1, -0.05) is 25.5 Å². The minimum atomic E-state index is -0.720. The van der Waals surface area contributed by atoms with E-state index >= 15 is 0 Å². The molecule has 2 fully saturated rings. The van der Waals surface area contributed by atoms with E-state index in [0.717, 1.165) is 31.5 Å². The number of hydrogen-bond donors (Lipinski definition) is 1. The molecule has 2 aromatic rings. The maximum absolute atomic E-state index is 13.3. The molecule has 0 spiro atoms. The second kappa shape index (κ2) is 12.1. The molecule has 0 aliphatic carbocycles. The number of likely N-dealkylation sites (tertiary alicyclic amines) is 1. The molecule has 2 heterocycles. The van der Waals surface area contributed by atoms with Crippen molar-refractivity contribution in [1.82, 2.24) is 9.80 Å². The van der Waals surface area contributed by atoms with Crippen molar-refractivity contribution in [1.29, 1.82) is 0 Å². The summed E-state index contributed by atoms with van der Waals surface area (Å²) in [6.45, 7) is 6.51. The van der Waals surface area contributed by atoms with Gasteiger partial charge in [0.15, 0.2) is 0 Å². The molecule has 4 rings (SSSR count). The van der Waals surface area contributed by atoms with E-state index in [1.165, 1.54) is 0 Å². The summed E-state index contributed by atoms with van der Waals surface area (Å²) in [6, 6.07) is 13.5. The van der Waals surface area contributed by atoms with Gasteiger partial charge in [-0.2, -0.15) is 0 Å². The lowest BCUT2D eigenvalue weighted by atomic mass is 9.95. The van der Waals surface area contributed by atoms with Gasteiger partial charge in [-0.25, -0.2) is 0 Å². The minimum Gasteiger partial charge on any atom is -0.507 e. The number of ether oxygens (including phenoxy) is 3. The number of amides is 1. The largest absolute Gasteiger partial charge is 0.507 e. The second-order valence-corrected chi connectivity index (χ2v) is 8.95. The van der Waals surface area contributed by atoms with Gasteiger partial charge < -0.3 is 24.2 Å². The summed E-state index contributed by atoms with van der Waals surface area (Å²) in [5.41, 5.74) is 1.25. The Kier molecular flexibility index (Phi) is 8.61. The number of carbonyl (C=O) groups is 2. The lowest BCUT2D eigenvalue weighted by Crippen LogP contribution is -2.42. The number of benzene rings is 2. The molecule has 2 aliphatic heterocycles. The third kappa shape index (κ3) is 5.71. The maximum Gasteiger partial charge on any atom is 0.295 e. The molecule has 1 amide bonds. The SMILES string of the molecule is CCCCOc1cccc(C2/C(=C(\O)c3ccc(OC)cc3)C(=O)C(=O)N2CCN2CCOCC2)c1. The molecular weight excluding hydrogens is 460 g/mol. The Labute approximate surface area is 212 Å². The van der Waals surface area contributed by atoms with Crippen molar-refractivity contribution in [2.24, 2.45) is 0 Å². The molecule has 2 aliphatic rings. The number of nitrogens with zero attached hydrogens (tertiary/aromatic N) is 2. The molecule has 0 aromatic heterocycles. The third-order valence-electron chi connectivity index (χ3n) is 6.60. The molecule has 8 heteroatoms. The highest BCUT2D eigenvalue weighted by molar-refractivity contribution is 6.46. The van der Waals surface area contributed by atoms with Gasteiger partial charge in [-0.05, 0) is 48.4 Å². The van der Waals surface area contributed by atoms with Gasteiger partial charge >= 0.3 is 0 Å². The van der Waals surface area contributed by atoms with Gasteiger partial charge in [0, 0.05) is 31.7 Å². The zero-order chi connectivity index (χ0) is 25.5. The molecule has 36 heavy (non-hydrogen) atoms. The topological polar surface area (TPSA) is 88.5 Å². The summed E-state index contributed by atoms with van der Waals surface area (Å²) in [6.07, 6.45) is 1.95. The van der Waals surface area contributed by atoms with Crippen molar-refractivity contribution in [3.05, 3.63) is 65.2 Å². The second-order valence-electron chi connectivity index (χ2n) is 8.95. The number of unbranched alkanes of at least 4 members (excludes halogenated alkanes) is 1. The predicted molar refractivity (Wildman–Crippen MR) is 136 cm³/mol. The van der Waals surface area contributed by atoms with Crippen molar-refractivity contribution >= 4 is 17.4 Å². The van der Waals surface area contributed by atoms with E-state index in [-0.39, 0.29) is 11.3 Å². The van der Waals surface area contributed by atoms with Crippen LogP contribution in [0.1, 0.15) is 36.9 Å². The van der Waals surface area contributed by atoms with Gasteiger partial charge in [0.1, 0.15) is 17.3 Å². The van der Waals surface area contributed by atoms with Crippen LogP contribution in [0.15, 0.2) is 54.1 Å². The summed E-state index contributed by atoms with van der Waals surface area (Å²) in [5.74, 6) is -0.199. The molecule has 1 unspecified atom stereocenters. The Balaban J connectivity index is 1.71. The number of morpholine rings is 1. The molecule has 8 nitrogen and oxygen atoms in total. The van der Waals surface area contributed by atoms with Gasteiger partial charge in [0.2, 0.25) is 0 Å². The van der Waals surface area contributed by atoms with Crippen LogP contribution in [0.5, 0.6) is 11.5 Å². The number of methoxy groups -OCH3 is 1. The number of aliphatic hydroxyl groups is 1. The standard InChI is InChI=1S/C28H34N2O6/c1-3-4-16-36-23-7-5-6-21(19-23)25-24(26(31)20-8-10-22(34-2)11-9-20)27(32)28(33)30(25)13-12-29-14-17-35-18-15-29/h5-11,19,25,31H,3-4,12-18H2,1-2H3/b26-24+. The van der Waals surface area contributed by atoms with Crippen LogP contribution in [0.3, 0.4) is 0 Å². The minimum absolute atomic E-state index is 0.0813. The first-order valence-electron chi connectivity index (χ1n) is 12.5. The number of ketones is 1. The van der Waals surface area contributed by atoms with E-state index in [9.17, 15) is 14.7 Å². The zero-order valence-corrected chi connectivity index (χ0v) is 20.9. The predicted octanol–water partition coefficient (Wildman–Crippen LogP) is 3.63. The Morgan fingerprint density at radius 2 is 1.81 bits per heavy atom. The van der Waals surface area contributed by atoms with Crippen molar-refractivity contribution in [3.63, 3.8) is 0 Å². The van der Waals surface area contributed by atoms with Crippen LogP contribution in [0.25, 0.3) is 5.76 Å². The van der Waals surface area contributed by atoms with Crippen LogP contribution < -0.4 is 9.47 Å². The molecule has 1 N–H and O–H groups in total. The fourth-order valence-corrected chi connectivity index (χ4v) is 4.54. The fourth-order valence-electron chi connectivity index (χ4n) is 4.54. The molecule has 2 saturated heterocycles. The van der Waals surface area contributed by atoms with Crippen LogP contribution >= 0.6 is 0 Å². The summed E-state index contributed by atoms with van der Waals surface area (Å²) < 4.78 is 16.5. The normalized spacial score (nSPS) is 20.1. The third-order valence-corrected chi connectivity index (χ3v) is 6.60. The van der Waals surface area contributed by atoms with Crippen LogP contribution in [0.2, 0.25) is 0 Å². The molecule has 0 radical (unpaired) electrons. The Bertz CT molecular complexity index is 1090. The lowest BCUT2D eigenvalue weighted by molar-refractivity contribution is -0.140. The average molecular weight is 495 g/mol. The number of carbonyl (C=O) groups excluding carboxylic acids is 2. The number of rotatable bonds is 10. The summed E-state index contributed by atoms with van der Waals surface area (Å²) >= 11 is 0.